The lowest BCUT2D eigenvalue weighted by Crippen LogP contribution is -2.74. The van der Waals surface area contributed by atoms with Crippen LogP contribution in [0.3, 0.4) is 0 Å². The summed E-state index contributed by atoms with van der Waals surface area (Å²) >= 11 is 0. The molecule has 0 saturated heterocycles. The van der Waals surface area contributed by atoms with Crippen molar-refractivity contribution in [1.82, 2.24) is 9.88 Å². The fourth-order valence-electron chi connectivity index (χ4n) is 6.41. The predicted molar refractivity (Wildman–Crippen MR) is 125 cm³/mol. The Balaban J connectivity index is 1.66. The number of pyridine rings is 1. The second-order valence-electron chi connectivity index (χ2n) is 10.1. The van der Waals surface area contributed by atoms with Gasteiger partial charge in [-0.3, -0.25) is 28.9 Å². The number of nitrogens with zero attached hydrogens (tertiary/aromatic N) is 2. The number of carbonyl (C=O) groups excluding carboxylic acids is 5. The molecule has 1 aromatic carbocycles. The Hall–Kier alpha value is -3.83. The maximum absolute atomic E-state index is 13.8. The lowest BCUT2D eigenvalue weighted by atomic mass is 9.52. The number of rotatable bonds is 3. The summed E-state index contributed by atoms with van der Waals surface area (Å²) in [4.78, 5) is 71.0. The Bertz CT molecular complexity index is 1390. The van der Waals surface area contributed by atoms with Gasteiger partial charge in [0.2, 0.25) is 11.9 Å². The molecule has 10 nitrogen and oxygen atoms in total. The number of hydrogen-bond donors (Lipinski definition) is 3. The molecule has 2 aromatic rings. The van der Waals surface area contributed by atoms with Gasteiger partial charge in [0.25, 0.3) is 0 Å². The number of hydrogen-bond acceptors (Lipinski definition) is 9. The summed E-state index contributed by atoms with van der Waals surface area (Å²) < 4.78 is 13.4. The number of primary amides is 1. The molecule has 1 amide bonds. The van der Waals surface area contributed by atoms with Crippen molar-refractivity contribution in [1.29, 1.82) is 0 Å². The molecule has 2 fully saturated rings. The number of amides is 1. The van der Waals surface area contributed by atoms with E-state index in [-0.39, 0.29) is 24.2 Å². The van der Waals surface area contributed by atoms with E-state index in [0.717, 1.165) is 6.07 Å². The number of aromatic hydroxyl groups is 1. The Kier molecular flexibility index (Phi) is 5.61. The minimum atomic E-state index is -2.77. The van der Waals surface area contributed by atoms with Gasteiger partial charge >= 0.3 is 0 Å². The topological polar surface area (TPSA) is 168 Å². The normalized spacial score (nSPS) is 31.1. The van der Waals surface area contributed by atoms with Crippen LogP contribution in [0.1, 0.15) is 22.3 Å². The maximum atomic E-state index is 13.8. The van der Waals surface area contributed by atoms with E-state index in [0.29, 0.717) is 16.7 Å². The molecule has 6 unspecified atom stereocenters. The van der Waals surface area contributed by atoms with Crippen molar-refractivity contribution in [2.24, 2.45) is 29.4 Å². The van der Waals surface area contributed by atoms with Gasteiger partial charge < -0.3 is 15.9 Å². The number of nitrogens with two attached hydrogens (primary N) is 1. The number of Topliss-reactive ketones (excluding diaryl/α,β-unsaturated/α-hetero) is 4. The first-order chi connectivity index (χ1) is 17.4. The number of ketones is 4. The zero-order chi connectivity index (χ0) is 27.0. The fraction of sp³-hybridized carbons (Fsp3) is 0.385. The number of phenolic OH excluding ortho intramolecular Hbond substituents is 1. The van der Waals surface area contributed by atoms with E-state index >= 15 is 0 Å². The van der Waals surface area contributed by atoms with Crippen LogP contribution in [0.4, 0.5) is 4.39 Å². The smallest absolute Gasteiger partial charge is 0.235 e. The van der Waals surface area contributed by atoms with Gasteiger partial charge in [-0.05, 0) is 62.2 Å². The van der Waals surface area contributed by atoms with Crippen LogP contribution in [0.2, 0.25) is 0 Å². The van der Waals surface area contributed by atoms with Gasteiger partial charge in [-0.1, -0.05) is 6.07 Å². The lowest BCUT2D eigenvalue weighted by molar-refractivity contribution is -0.181. The van der Waals surface area contributed by atoms with E-state index in [1.807, 2.05) is 0 Å². The van der Waals surface area contributed by atoms with E-state index in [4.69, 9.17) is 5.73 Å². The van der Waals surface area contributed by atoms with Crippen molar-refractivity contribution in [2.75, 3.05) is 14.1 Å². The van der Waals surface area contributed by atoms with Gasteiger partial charge in [-0.25, -0.2) is 4.98 Å². The Morgan fingerprint density at radius 3 is 2.43 bits per heavy atom. The highest BCUT2D eigenvalue weighted by Crippen LogP contribution is 2.51. The van der Waals surface area contributed by atoms with Crippen LogP contribution >= 0.6 is 0 Å². The summed E-state index contributed by atoms with van der Waals surface area (Å²) in [5.41, 5.74) is 3.82. The van der Waals surface area contributed by atoms with E-state index in [1.54, 1.807) is 6.07 Å². The third-order valence-electron chi connectivity index (χ3n) is 7.98. The largest absolute Gasteiger partial charge is 0.507 e. The van der Waals surface area contributed by atoms with Crippen LogP contribution in [-0.2, 0) is 25.6 Å². The highest BCUT2D eigenvalue weighted by molar-refractivity contribution is 6.32. The first-order valence-corrected chi connectivity index (χ1v) is 11.7. The first kappa shape index (κ1) is 24.8. The van der Waals surface area contributed by atoms with E-state index < -0.39 is 70.3 Å². The molecule has 37 heavy (non-hydrogen) atoms. The van der Waals surface area contributed by atoms with Crippen LogP contribution in [0, 0.1) is 29.6 Å². The van der Waals surface area contributed by atoms with E-state index in [9.17, 15) is 38.6 Å². The number of halogens is 1. The third-order valence-corrected chi connectivity index (χ3v) is 7.98. The van der Waals surface area contributed by atoms with Gasteiger partial charge in [0.15, 0.2) is 34.7 Å². The maximum Gasteiger partial charge on any atom is 0.235 e. The molecule has 3 aliphatic carbocycles. The molecule has 0 aliphatic heterocycles. The summed E-state index contributed by atoms with van der Waals surface area (Å²) in [5.74, 6) is -11.8. The lowest BCUT2D eigenvalue weighted by Gasteiger charge is -2.52. The number of aromatic nitrogens is 1. The molecule has 2 saturated carbocycles. The van der Waals surface area contributed by atoms with Crippen molar-refractivity contribution < 1.29 is 38.6 Å². The highest BCUT2D eigenvalue weighted by atomic mass is 19.1. The minimum absolute atomic E-state index is 0.0549. The summed E-state index contributed by atoms with van der Waals surface area (Å²) in [6.45, 7) is 0. The van der Waals surface area contributed by atoms with E-state index in [1.165, 1.54) is 37.3 Å². The van der Waals surface area contributed by atoms with Gasteiger partial charge in [-0.15, -0.1) is 0 Å². The summed E-state index contributed by atoms with van der Waals surface area (Å²) in [7, 11) is 3.04. The SMILES string of the molecule is CN(C)C1C(=O)C(C(N)=O)C(=O)C2(O)C(=O)C3C(=O)c4c(O)ccc(-c5ccc(F)nc5)c4CC3CC12. The molecule has 0 bridgehead atoms. The number of benzene rings is 1. The van der Waals surface area contributed by atoms with Crippen LogP contribution in [0.15, 0.2) is 30.5 Å². The molecular weight excluding hydrogens is 485 g/mol. The van der Waals surface area contributed by atoms with Crippen LogP contribution < -0.4 is 5.73 Å². The molecule has 11 heteroatoms. The molecule has 4 N–H and O–H groups in total. The Morgan fingerprint density at radius 2 is 1.84 bits per heavy atom. The first-order valence-electron chi connectivity index (χ1n) is 11.7. The zero-order valence-electron chi connectivity index (χ0n) is 20.0. The minimum Gasteiger partial charge on any atom is -0.507 e. The molecule has 5 rings (SSSR count). The van der Waals surface area contributed by atoms with Crippen molar-refractivity contribution in [3.63, 3.8) is 0 Å². The van der Waals surface area contributed by atoms with Crippen molar-refractivity contribution in [3.8, 4) is 16.9 Å². The molecule has 1 aromatic heterocycles. The number of carbonyl (C=O) groups is 5. The van der Waals surface area contributed by atoms with Crippen LogP contribution in [0.5, 0.6) is 5.75 Å². The number of phenols is 1. The summed E-state index contributed by atoms with van der Waals surface area (Å²) in [5, 5.41) is 22.2. The van der Waals surface area contributed by atoms with Gasteiger partial charge in [0.1, 0.15) is 5.75 Å². The monoisotopic (exact) mass is 509 g/mol. The van der Waals surface area contributed by atoms with Gasteiger partial charge in [-0.2, -0.15) is 4.39 Å². The third kappa shape index (κ3) is 3.37. The molecule has 192 valence electrons. The summed E-state index contributed by atoms with van der Waals surface area (Å²) in [6, 6.07) is 4.29. The van der Waals surface area contributed by atoms with Crippen LogP contribution in [-0.4, -0.2) is 74.9 Å². The fourth-order valence-corrected chi connectivity index (χ4v) is 6.41. The standard InChI is InChI=1S/C26H24FN3O7/c1-30(2)20-14-8-11-7-13-12(10-3-6-16(27)29-9-10)4-5-15(31)18(13)21(32)17(11)23(34)26(14,37)24(35)19(22(20)33)25(28)36/h3-6,9,11,14,17,19-20,31,37H,7-8H2,1-2H3,(H2,28,36). The number of aliphatic hydroxyl groups is 1. The average Bonchev–Trinajstić information content (AvgIpc) is 2.82. The second-order valence-corrected chi connectivity index (χ2v) is 10.1. The molecule has 0 radical (unpaired) electrons. The molecule has 3 aliphatic rings. The van der Waals surface area contributed by atoms with Crippen molar-refractivity contribution >= 4 is 29.0 Å². The van der Waals surface area contributed by atoms with Crippen molar-refractivity contribution in [3.05, 3.63) is 47.5 Å². The van der Waals surface area contributed by atoms with E-state index in [2.05, 4.69) is 4.98 Å². The predicted octanol–water partition coefficient (Wildman–Crippen LogP) is 0.0681. The quantitative estimate of drug-likeness (QED) is 0.383. The van der Waals surface area contributed by atoms with Gasteiger partial charge in [0.05, 0.1) is 17.5 Å². The molecule has 0 spiro atoms. The Morgan fingerprint density at radius 1 is 1.14 bits per heavy atom. The zero-order valence-corrected chi connectivity index (χ0v) is 20.0. The number of fused-ring (bicyclic) bond motifs is 3. The Labute approximate surface area is 210 Å². The average molecular weight is 509 g/mol. The molecule has 1 heterocycles. The molecular formula is C26H24FN3O7. The summed E-state index contributed by atoms with van der Waals surface area (Å²) in [6.07, 6.45) is 1.33. The second kappa shape index (κ2) is 8.35. The van der Waals surface area contributed by atoms with Gasteiger partial charge in [0, 0.05) is 17.7 Å². The highest BCUT2D eigenvalue weighted by Gasteiger charge is 2.69. The number of likely N-dealkylation sites (N-methyl/N-ethyl adjacent to an activating group) is 1. The van der Waals surface area contributed by atoms with Crippen LogP contribution in [0.25, 0.3) is 11.1 Å². The van der Waals surface area contributed by atoms with Crippen molar-refractivity contribution in [2.45, 2.75) is 24.5 Å². The molecule has 6 atom stereocenters.